The van der Waals surface area contributed by atoms with Crippen LogP contribution < -0.4 is 10.2 Å². The molecule has 1 aliphatic heterocycles. The molecule has 0 radical (unpaired) electrons. The van der Waals surface area contributed by atoms with E-state index in [9.17, 15) is 9.18 Å². The maximum atomic E-state index is 14.2. The lowest BCUT2D eigenvalue weighted by Crippen LogP contribution is -2.30. The lowest BCUT2D eigenvalue weighted by atomic mass is 9.94. The molecule has 0 saturated heterocycles. The lowest BCUT2D eigenvalue weighted by molar-refractivity contribution is -0.136. The number of rotatable bonds is 7. The first kappa shape index (κ1) is 19.2. The molecule has 1 aliphatic rings. The molecule has 0 spiro atoms. The molecule has 4 nitrogen and oxygen atoms in total. The predicted octanol–water partition coefficient (Wildman–Crippen LogP) is 4.54. The number of carboxylic acids is 1. The van der Waals surface area contributed by atoms with Gasteiger partial charge in [-0.2, -0.15) is 0 Å². The Morgan fingerprint density at radius 3 is 2.74 bits per heavy atom. The van der Waals surface area contributed by atoms with E-state index in [1.807, 2.05) is 6.07 Å². The van der Waals surface area contributed by atoms with Crippen molar-refractivity contribution in [1.82, 2.24) is 0 Å². The summed E-state index contributed by atoms with van der Waals surface area (Å²) in [5.74, 6) is -1.28. The van der Waals surface area contributed by atoms with Gasteiger partial charge < -0.3 is 15.3 Å². The molecule has 0 aliphatic carbocycles. The molecule has 2 aromatic rings. The number of hydrogen-bond acceptors (Lipinski definition) is 3. The number of fused-ring (bicyclic) bond motifs is 1. The Balaban J connectivity index is 1.72. The third-order valence-electron chi connectivity index (χ3n) is 5.34. The van der Waals surface area contributed by atoms with E-state index < -0.39 is 5.97 Å². The molecule has 2 aromatic carbocycles. The van der Waals surface area contributed by atoms with Gasteiger partial charge in [0.1, 0.15) is 5.82 Å². The molecule has 0 bridgehead atoms. The number of anilines is 2. The summed E-state index contributed by atoms with van der Waals surface area (Å²) in [5, 5.41) is 12.0. The minimum absolute atomic E-state index is 0.0635. The van der Waals surface area contributed by atoms with E-state index in [1.54, 1.807) is 6.07 Å². The van der Waals surface area contributed by atoms with Crippen LogP contribution in [-0.2, 0) is 24.2 Å². The quantitative estimate of drug-likeness (QED) is 0.751. The smallest absolute Gasteiger partial charge is 0.303 e. The Morgan fingerprint density at radius 1 is 1.26 bits per heavy atom. The van der Waals surface area contributed by atoms with Crippen LogP contribution in [0.3, 0.4) is 0 Å². The fourth-order valence-corrected chi connectivity index (χ4v) is 3.82. The second-order valence-electron chi connectivity index (χ2n) is 7.09. The van der Waals surface area contributed by atoms with Crippen molar-refractivity contribution in [2.45, 2.75) is 46.1 Å². The van der Waals surface area contributed by atoms with Crippen LogP contribution in [0.2, 0.25) is 0 Å². The van der Waals surface area contributed by atoms with Gasteiger partial charge in [0, 0.05) is 37.4 Å². The highest BCUT2D eigenvalue weighted by atomic mass is 19.1. The first-order valence-corrected chi connectivity index (χ1v) is 9.60. The number of aliphatic carboxylic acids is 1. The van der Waals surface area contributed by atoms with E-state index in [1.165, 1.54) is 34.9 Å². The fraction of sp³-hybridized carbons (Fsp3) is 0.409. The highest BCUT2D eigenvalue weighted by Gasteiger charge is 2.19. The van der Waals surface area contributed by atoms with Gasteiger partial charge >= 0.3 is 5.97 Å². The van der Waals surface area contributed by atoms with E-state index in [4.69, 9.17) is 5.11 Å². The average molecular weight is 370 g/mol. The van der Waals surface area contributed by atoms with Crippen LogP contribution in [-0.4, -0.2) is 24.2 Å². The molecule has 2 N–H and O–H groups in total. The highest BCUT2D eigenvalue weighted by molar-refractivity contribution is 5.67. The highest BCUT2D eigenvalue weighted by Crippen LogP contribution is 2.33. The number of benzene rings is 2. The van der Waals surface area contributed by atoms with Gasteiger partial charge in [-0.25, -0.2) is 4.39 Å². The van der Waals surface area contributed by atoms with E-state index in [0.717, 1.165) is 19.5 Å². The first-order chi connectivity index (χ1) is 13.0. The van der Waals surface area contributed by atoms with E-state index in [2.05, 4.69) is 36.2 Å². The normalized spacial score (nSPS) is 13.4. The average Bonchev–Trinajstić information content (AvgIpc) is 2.66. The van der Waals surface area contributed by atoms with Gasteiger partial charge in [0.05, 0.1) is 0 Å². The summed E-state index contributed by atoms with van der Waals surface area (Å²) in [6.07, 6.45) is 2.47. The van der Waals surface area contributed by atoms with Crippen LogP contribution in [0.5, 0.6) is 0 Å². The van der Waals surface area contributed by atoms with Crippen LogP contribution in [0.15, 0.2) is 30.3 Å². The second kappa shape index (κ2) is 8.42. The largest absolute Gasteiger partial charge is 0.481 e. The zero-order valence-electron chi connectivity index (χ0n) is 16.0. The summed E-state index contributed by atoms with van der Waals surface area (Å²) in [4.78, 5) is 13.1. The standard InChI is InChI=1S/C22H27FN2O2/c1-3-25-12-4-5-17-6-7-18(15(2)22(17)25)14-24-19-10-8-16(20(23)13-19)9-11-21(26)27/h6-8,10,13,24H,3-5,9,11-12,14H2,1-2H3,(H,26,27). The molecule has 0 aromatic heterocycles. The van der Waals surface area contributed by atoms with E-state index >= 15 is 0 Å². The molecule has 5 heteroatoms. The van der Waals surface area contributed by atoms with Crippen molar-refractivity contribution in [3.05, 3.63) is 58.4 Å². The maximum absolute atomic E-state index is 14.2. The van der Waals surface area contributed by atoms with E-state index in [0.29, 0.717) is 17.8 Å². The molecule has 0 atom stereocenters. The Morgan fingerprint density at radius 2 is 2.04 bits per heavy atom. The van der Waals surface area contributed by atoms with Gasteiger partial charge in [0.15, 0.2) is 0 Å². The Bertz CT molecular complexity index is 835. The monoisotopic (exact) mass is 370 g/mol. The zero-order chi connectivity index (χ0) is 19.4. The Hall–Kier alpha value is -2.56. The Kier molecular flexibility index (Phi) is 5.99. The first-order valence-electron chi connectivity index (χ1n) is 9.60. The van der Waals surface area contributed by atoms with Crippen molar-refractivity contribution in [3.63, 3.8) is 0 Å². The third kappa shape index (κ3) is 4.41. The summed E-state index contributed by atoms with van der Waals surface area (Å²) >= 11 is 0. The predicted molar refractivity (Wildman–Crippen MR) is 107 cm³/mol. The van der Waals surface area contributed by atoms with Crippen LogP contribution in [0, 0.1) is 12.7 Å². The minimum Gasteiger partial charge on any atom is -0.481 e. The topological polar surface area (TPSA) is 52.6 Å². The van der Waals surface area contributed by atoms with Gasteiger partial charge in [-0.1, -0.05) is 18.2 Å². The van der Waals surface area contributed by atoms with Gasteiger partial charge in [-0.15, -0.1) is 0 Å². The Labute approximate surface area is 160 Å². The minimum atomic E-state index is -0.916. The third-order valence-corrected chi connectivity index (χ3v) is 5.34. The van der Waals surface area contributed by atoms with Crippen LogP contribution >= 0.6 is 0 Å². The number of hydrogen-bond donors (Lipinski definition) is 2. The van der Waals surface area contributed by atoms with E-state index in [-0.39, 0.29) is 18.7 Å². The van der Waals surface area contributed by atoms with Crippen molar-refractivity contribution in [1.29, 1.82) is 0 Å². The van der Waals surface area contributed by atoms with Crippen LogP contribution in [0.4, 0.5) is 15.8 Å². The molecule has 27 heavy (non-hydrogen) atoms. The zero-order valence-corrected chi connectivity index (χ0v) is 16.0. The number of halogens is 1. The fourth-order valence-electron chi connectivity index (χ4n) is 3.82. The number of carbonyl (C=O) groups is 1. The second-order valence-corrected chi connectivity index (χ2v) is 7.09. The summed E-state index contributed by atoms with van der Waals surface area (Å²) < 4.78 is 14.2. The molecule has 0 amide bonds. The van der Waals surface area contributed by atoms with Crippen molar-refractivity contribution < 1.29 is 14.3 Å². The molecule has 0 unspecified atom stereocenters. The molecule has 3 rings (SSSR count). The van der Waals surface area contributed by atoms with Crippen molar-refractivity contribution in [2.75, 3.05) is 23.3 Å². The molecule has 0 fully saturated rings. The van der Waals surface area contributed by atoms with Gasteiger partial charge in [-0.3, -0.25) is 4.79 Å². The molecule has 0 saturated carbocycles. The number of aryl methyl sites for hydroxylation is 2. The number of nitrogens with one attached hydrogen (secondary N) is 1. The van der Waals surface area contributed by atoms with Gasteiger partial charge in [0.2, 0.25) is 0 Å². The van der Waals surface area contributed by atoms with Crippen molar-refractivity contribution in [3.8, 4) is 0 Å². The van der Waals surface area contributed by atoms with Crippen LogP contribution in [0.25, 0.3) is 0 Å². The van der Waals surface area contributed by atoms with Crippen LogP contribution in [0.1, 0.15) is 42.0 Å². The number of nitrogens with zero attached hydrogens (tertiary/aromatic N) is 1. The lowest BCUT2D eigenvalue weighted by Gasteiger charge is -2.33. The molecular formula is C22H27FN2O2. The van der Waals surface area contributed by atoms with Gasteiger partial charge in [-0.05, 0) is 67.5 Å². The molecule has 144 valence electrons. The van der Waals surface area contributed by atoms with Gasteiger partial charge in [0.25, 0.3) is 0 Å². The SMILES string of the molecule is CCN1CCCc2ccc(CNc3ccc(CCC(=O)O)c(F)c3)c(C)c21. The van der Waals surface area contributed by atoms with Crippen molar-refractivity contribution >= 4 is 17.3 Å². The van der Waals surface area contributed by atoms with Crippen molar-refractivity contribution in [2.24, 2.45) is 0 Å². The summed E-state index contributed by atoms with van der Waals surface area (Å²) in [6, 6.07) is 9.31. The summed E-state index contributed by atoms with van der Waals surface area (Å²) in [6.45, 7) is 7.09. The molecule has 1 heterocycles. The summed E-state index contributed by atoms with van der Waals surface area (Å²) in [7, 11) is 0. The number of carboxylic acid groups (broad SMARTS) is 1. The maximum Gasteiger partial charge on any atom is 0.303 e. The summed E-state index contributed by atoms with van der Waals surface area (Å²) in [5.41, 5.74) is 6.42. The molecular weight excluding hydrogens is 343 g/mol.